The second kappa shape index (κ2) is 7.48. The molecule has 1 saturated heterocycles. The molecule has 0 amide bonds. The van der Waals surface area contributed by atoms with Gasteiger partial charge in [0.1, 0.15) is 11.9 Å². The van der Waals surface area contributed by atoms with E-state index in [4.69, 9.17) is 18.9 Å². The molecule has 2 unspecified atom stereocenters. The van der Waals surface area contributed by atoms with Crippen molar-refractivity contribution >= 4 is 0 Å². The number of rotatable bonds is 9. The van der Waals surface area contributed by atoms with E-state index in [1.54, 1.807) is 0 Å². The van der Waals surface area contributed by atoms with E-state index in [1.807, 2.05) is 44.2 Å². The highest BCUT2D eigenvalue weighted by atomic mass is 16.6. The summed E-state index contributed by atoms with van der Waals surface area (Å²) in [6.45, 7) is 6.50. The van der Waals surface area contributed by atoms with Gasteiger partial charge < -0.3 is 18.9 Å². The van der Waals surface area contributed by atoms with Crippen LogP contribution in [0.2, 0.25) is 0 Å². The molecule has 0 spiro atoms. The summed E-state index contributed by atoms with van der Waals surface area (Å²) in [5, 5.41) is 0. The molecule has 1 aromatic carbocycles. The summed E-state index contributed by atoms with van der Waals surface area (Å²) in [7, 11) is 0. The Morgan fingerprint density at radius 1 is 1.21 bits per heavy atom. The lowest BCUT2D eigenvalue weighted by atomic mass is 10.3. The van der Waals surface area contributed by atoms with Gasteiger partial charge in [-0.15, -0.1) is 0 Å². The molecule has 0 aliphatic carbocycles. The standard InChI is InChI=1S/C15H22O4/c1-12(2)17-9-8-16-10-15(14-11-18-14)19-13-6-4-3-5-7-13/h3-7,12,14-15H,8-11H2,1-2H3. The molecule has 0 N–H and O–H groups in total. The predicted molar refractivity (Wildman–Crippen MR) is 72.5 cm³/mol. The molecule has 1 fully saturated rings. The summed E-state index contributed by atoms with van der Waals surface area (Å²) in [6, 6.07) is 9.76. The van der Waals surface area contributed by atoms with Gasteiger partial charge in [0.05, 0.1) is 32.5 Å². The van der Waals surface area contributed by atoms with E-state index < -0.39 is 0 Å². The van der Waals surface area contributed by atoms with Crippen molar-refractivity contribution in [1.29, 1.82) is 0 Å². The number of epoxide rings is 1. The van der Waals surface area contributed by atoms with E-state index in [0.29, 0.717) is 19.8 Å². The molecular weight excluding hydrogens is 244 g/mol. The molecule has 1 aliphatic heterocycles. The topological polar surface area (TPSA) is 40.2 Å². The molecule has 0 bridgehead atoms. The van der Waals surface area contributed by atoms with Gasteiger partial charge in [-0.3, -0.25) is 0 Å². The zero-order valence-electron chi connectivity index (χ0n) is 11.6. The van der Waals surface area contributed by atoms with E-state index >= 15 is 0 Å². The molecule has 19 heavy (non-hydrogen) atoms. The van der Waals surface area contributed by atoms with Crippen molar-refractivity contribution in [2.45, 2.75) is 32.2 Å². The maximum absolute atomic E-state index is 5.88. The third-order valence-corrected chi connectivity index (χ3v) is 2.77. The molecular formula is C15H22O4. The Balaban J connectivity index is 1.68. The van der Waals surface area contributed by atoms with Crippen LogP contribution in [0.5, 0.6) is 5.75 Å². The lowest BCUT2D eigenvalue weighted by molar-refractivity contribution is -0.0101. The van der Waals surface area contributed by atoms with Crippen molar-refractivity contribution in [2.75, 3.05) is 26.4 Å². The van der Waals surface area contributed by atoms with Gasteiger partial charge in [-0.25, -0.2) is 0 Å². The van der Waals surface area contributed by atoms with Crippen LogP contribution in [0.25, 0.3) is 0 Å². The summed E-state index contributed by atoms with van der Waals surface area (Å²) < 4.78 is 22.2. The highest BCUT2D eigenvalue weighted by molar-refractivity contribution is 5.21. The maximum Gasteiger partial charge on any atom is 0.150 e. The maximum atomic E-state index is 5.88. The molecule has 1 heterocycles. The highest BCUT2D eigenvalue weighted by Gasteiger charge is 2.34. The summed E-state index contributed by atoms with van der Waals surface area (Å²) in [5.74, 6) is 0.852. The Labute approximate surface area is 114 Å². The van der Waals surface area contributed by atoms with Crippen LogP contribution in [0.4, 0.5) is 0 Å². The first-order valence-electron chi connectivity index (χ1n) is 6.78. The number of hydrogen-bond donors (Lipinski definition) is 0. The van der Waals surface area contributed by atoms with Crippen molar-refractivity contribution in [3.8, 4) is 5.75 Å². The van der Waals surface area contributed by atoms with Crippen LogP contribution in [0, 0.1) is 0 Å². The minimum atomic E-state index is -0.0403. The van der Waals surface area contributed by atoms with Gasteiger partial charge in [0.2, 0.25) is 0 Å². The van der Waals surface area contributed by atoms with E-state index in [-0.39, 0.29) is 18.3 Å². The SMILES string of the molecule is CC(C)OCCOCC(Oc1ccccc1)C1CO1. The lowest BCUT2D eigenvalue weighted by Crippen LogP contribution is -2.29. The highest BCUT2D eigenvalue weighted by Crippen LogP contribution is 2.20. The fourth-order valence-corrected chi connectivity index (χ4v) is 1.70. The normalized spacial score (nSPS) is 19.4. The quantitative estimate of drug-likeness (QED) is 0.508. The summed E-state index contributed by atoms with van der Waals surface area (Å²) in [4.78, 5) is 0. The molecule has 1 aromatic rings. The van der Waals surface area contributed by atoms with Gasteiger partial charge in [-0.2, -0.15) is 0 Å². The fraction of sp³-hybridized carbons (Fsp3) is 0.600. The Bertz CT molecular complexity index is 348. The van der Waals surface area contributed by atoms with E-state index in [9.17, 15) is 0 Å². The van der Waals surface area contributed by atoms with Crippen molar-refractivity contribution in [2.24, 2.45) is 0 Å². The van der Waals surface area contributed by atoms with Crippen LogP contribution < -0.4 is 4.74 Å². The average molecular weight is 266 g/mol. The Morgan fingerprint density at radius 3 is 2.58 bits per heavy atom. The smallest absolute Gasteiger partial charge is 0.150 e. The zero-order chi connectivity index (χ0) is 13.5. The van der Waals surface area contributed by atoms with E-state index in [1.165, 1.54) is 0 Å². The molecule has 2 atom stereocenters. The number of benzene rings is 1. The minimum absolute atomic E-state index is 0.0403. The van der Waals surface area contributed by atoms with Crippen LogP contribution in [0.1, 0.15) is 13.8 Å². The summed E-state index contributed by atoms with van der Waals surface area (Å²) in [5.41, 5.74) is 0. The van der Waals surface area contributed by atoms with Crippen molar-refractivity contribution in [3.63, 3.8) is 0 Å². The molecule has 106 valence electrons. The molecule has 0 saturated carbocycles. The average Bonchev–Trinajstić information content (AvgIpc) is 3.22. The largest absolute Gasteiger partial charge is 0.485 e. The first-order chi connectivity index (χ1) is 9.25. The first kappa shape index (κ1) is 14.3. The Hall–Kier alpha value is -1.10. The second-order valence-corrected chi connectivity index (χ2v) is 4.84. The van der Waals surface area contributed by atoms with Gasteiger partial charge in [0.15, 0.2) is 6.10 Å². The minimum Gasteiger partial charge on any atom is -0.485 e. The molecule has 0 radical (unpaired) electrons. The van der Waals surface area contributed by atoms with Gasteiger partial charge >= 0.3 is 0 Å². The molecule has 4 heteroatoms. The van der Waals surface area contributed by atoms with Crippen molar-refractivity contribution in [3.05, 3.63) is 30.3 Å². The molecule has 1 aliphatic rings. The predicted octanol–water partition coefficient (Wildman–Crippen LogP) is 2.27. The van der Waals surface area contributed by atoms with Gasteiger partial charge in [-0.1, -0.05) is 18.2 Å². The third kappa shape index (κ3) is 5.59. The third-order valence-electron chi connectivity index (χ3n) is 2.77. The monoisotopic (exact) mass is 266 g/mol. The fourth-order valence-electron chi connectivity index (χ4n) is 1.70. The van der Waals surface area contributed by atoms with Crippen LogP contribution in [-0.2, 0) is 14.2 Å². The number of hydrogen-bond acceptors (Lipinski definition) is 4. The summed E-state index contributed by atoms with van der Waals surface area (Å²) in [6.07, 6.45) is 0.361. The van der Waals surface area contributed by atoms with Crippen LogP contribution in [0.3, 0.4) is 0 Å². The van der Waals surface area contributed by atoms with Crippen LogP contribution in [-0.4, -0.2) is 44.7 Å². The lowest BCUT2D eigenvalue weighted by Gasteiger charge is -2.17. The zero-order valence-corrected chi connectivity index (χ0v) is 11.6. The molecule has 2 rings (SSSR count). The number of para-hydroxylation sites is 1. The van der Waals surface area contributed by atoms with Gasteiger partial charge in [0, 0.05) is 0 Å². The van der Waals surface area contributed by atoms with E-state index in [0.717, 1.165) is 12.4 Å². The van der Waals surface area contributed by atoms with Crippen LogP contribution >= 0.6 is 0 Å². The Kier molecular flexibility index (Phi) is 5.63. The molecule has 0 aromatic heterocycles. The second-order valence-electron chi connectivity index (χ2n) is 4.84. The first-order valence-corrected chi connectivity index (χ1v) is 6.78. The number of ether oxygens (including phenoxy) is 4. The Morgan fingerprint density at radius 2 is 1.95 bits per heavy atom. The van der Waals surface area contributed by atoms with Crippen molar-refractivity contribution < 1.29 is 18.9 Å². The molecule has 4 nitrogen and oxygen atoms in total. The van der Waals surface area contributed by atoms with E-state index in [2.05, 4.69) is 0 Å². The van der Waals surface area contributed by atoms with Gasteiger partial charge in [0.25, 0.3) is 0 Å². The van der Waals surface area contributed by atoms with Gasteiger partial charge in [-0.05, 0) is 26.0 Å². The summed E-state index contributed by atoms with van der Waals surface area (Å²) >= 11 is 0. The van der Waals surface area contributed by atoms with Crippen molar-refractivity contribution in [1.82, 2.24) is 0 Å². The van der Waals surface area contributed by atoms with Crippen LogP contribution in [0.15, 0.2) is 30.3 Å².